The molecule has 1 heterocycles. The van der Waals surface area contributed by atoms with E-state index in [1.54, 1.807) is 20.4 Å². The summed E-state index contributed by atoms with van der Waals surface area (Å²) in [5.41, 5.74) is 0. The first-order valence-electron chi connectivity index (χ1n) is 6.57. The monoisotopic (exact) mass is 276 g/mol. The van der Waals surface area contributed by atoms with Crippen LogP contribution in [-0.2, 0) is 4.74 Å². The highest BCUT2D eigenvalue weighted by Crippen LogP contribution is 2.26. The molecule has 2 aromatic rings. The van der Waals surface area contributed by atoms with E-state index in [0.717, 1.165) is 22.3 Å². The van der Waals surface area contributed by atoms with Crippen LogP contribution in [-0.4, -0.2) is 43.6 Å². The molecule has 0 radical (unpaired) electrons. The molecule has 0 saturated carbocycles. The highest BCUT2D eigenvalue weighted by atomic mass is 16.5. The lowest BCUT2D eigenvalue weighted by atomic mass is 10.1. The molecule has 2 N–H and O–H groups in total. The normalized spacial score (nSPS) is 12.3. The fraction of sp³-hybridized carbons (Fsp3) is 0.400. The number of benzene rings is 1. The zero-order valence-corrected chi connectivity index (χ0v) is 11.8. The highest BCUT2D eigenvalue weighted by Gasteiger charge is 2.11. The summed E-state index contributed by atoms with van der Waals surface area (Å²) in [4.78, 5) is 4.38. The van der Waals surface area contributed by atoms with Crippen LogP contribution in [0.1, 0.15) is 6.42 Å². The molecular formula is C15H20N2O3. The van der Waals surface area contributed by atoms with Gasteiger partial charge in [0, 0.05) is 25.3 Å². The Kier molecular flexibility index (Phi) is 5.15. The molecule has 2 rings (SSSR count). The maximum absolute atomic E-state index is 9.10. The number of aliphatic hydroxyl groups excluding tert-OH is 1. The Hall–Kier alpha value is -1.85. The third-order valence-electron chi connectivity index (χ3n) is 3.16. The van der Waals surface area contributed by atoms with Gasteiger partial charge in [-0.3, -0.25) is 0 Å². The standard InChI is InChI=1S/C15H20N2O3/c1-19-10-12(6-8-18)17-15-14-9-13(20-2)4-3-11(14)5-7-16-15/h3-5,7,9,12,18H,6,8,10H2,1-2H3,(H,16,17). The quantitative estimate of drug-likeness (QED) is 0.810. The predicted octanol–water partition coefficient (Wildman–Crippen LogP) is 2.05. The number of aromatic nitrogens is 1. The fourth-order valence-corrected chi connectivity index (χ4v) is 2.14. The molecular weight excluding hydrogens is 256 g/mol. The average Bonchev–Trinajstić information content (AvgIpc) is 2.47. The number of hydrogen-bond donors (Lipinski definition) is 2. The number of ether oxygens (including phenoxy) is 2. The van der Waals surface area contributed by atoms with Crippen molar-refractivity contribution in [2.75, 3.05) is 32.8 Å². The third kappa shape index (κ3) is 3.37. The van der Waals surface area contributed by atoms with E-state index in [1.165, 1.54) is 0 Å². The molecule has 0 aliphatic carbocycles. The lowest BCUT2D eigenvalue weighted by molar-refractivity contribution is 0.170. The van der Waals surface area contributed by atoms with E-state index in [4.69, 9.17) is 14.6 Å². The van der Waals surface area contributed by atoms with Crippen molar-refractivity contribution in [3.63, 3.8) is 0 Å². The van der Waals surface area contributed by atoms with E-state index >= 15 is 0 Å². The summed E-state index contributed by atoms with van der Waals surface area (Å²) in [5, 5.41) is 14.5. The molecule has 0 fully saturated rings. The second-order valence-electron chi connectivity index (χ2n) is 4.56. The molecule has 1 aromatic heterocycles. The number of fused-ring (bicyclic) bond motifs is 1. The maximum Gasteiger partial charge on any atom is 0.134 e. The number of nitrogens with one attached hydrogen (secondary N) is 1. The molecule has 0 aliphatic heterocycles. The van der Waals surface area contributed by atoms with Crippen molar-refractivity contribution in [1.82, 2.24) is 4.98 Å². The topological polar surface area (TPSA) is 63.6 Å². The summed E-state index contributed by atoms with van der Waals surface area (Å²) in [6.07, 6.45) is 2.37. The van der Waals surface area contributed by atoms with Crippen LogP contribution in [0.4, 0.5) is 5.82 Å². The van der Waals surface area contributed by atoms with Crippen LogP contribution >= 0.6 is 0 Å². The Bertz CT molecular complexity index is 554. The van der Waals surface area contributed by atoms with Gasteiger partial charge in [-0.05, 0) is 30.0 Å². The van der Waals surface area contributed by atoms with Crippen LogP contribution in [0, 0.1) is 0 Å². The Labute approximate surface area is 118 Å². The van der Waals surface area contributed by atoms with Gasteiger partial charge in [-0.2, -0.15) is 0 Å². The smallest absolute Gasteiger partial charge is 0.134 e. The van der Waals surface area contributed by atoms with E-state index in [9.17, 15) is 0 Å². The van der Waals surface area contributed by atoms with Crippen LogP contribution in [0.15, 0.2) is 30.5 Å². The molecule has 1 aromatic carbocycles. The van der Waals surface area contributed by atoms with Crippen LogP contribution in [0.3, 0.4) is 0 Å². The molecule has 1 unspecified atom stereocenters. The lowest BCUT2D eigenvalue weighted by Gasteiger charge is -2.18. The molecule has 0 bridgehead atoms. The summed E-state index contributed by atoms with van der Waals surface area (Å²) in [5.74, 6) is 1.57. The number of nitrogens with zero attached hydrogens (tertiary/aromatic N) is 1. The SMILES string of the molecule is COCC(CCO)Nc1nccc2ccc(OC)cc12. The van der Waals surface area contributed by atoms with E-state index < -0.39 is 0 Å². The maximum atomic E-state index is 9.10. The van der Waals surface area contributed by atoms with E-state index in [2.05, 4.69) is 10.3 Å². The van der Waals surface area contributed by atoms with Gasteiger partial charge in [0.25, 0.3) is 0 Å². The summed E-state index contributed by atoms with van der Waals surface area (Å²) in [7, 11) is 3.29. The summed E-state index contributed by atoms with van der Waals surface area (Å²) < 4.78 is 10.4. The van der Waals surface area contributed by atoms with E-state index in [0.29, 0.717) is 13.0 Å². The van der Waals surface area contributed by atoms with Gasteiger partial charge >= 0.3 is 0 Å². The minimum atomic E-state index is 0.0225. The first-order chi connectivity index (χ1) is 9.78. The highest BCUT2D eigenvalue weighted by molar-refractivity contribution is 5.92. The minimum absolute atomic E-state index is 0.0225. The molecule has 5 nitrogen and oxygen atoms in total. The molecule has 0 saturated heterocycles. The fourth-order valence-electron chi connectivity index (χ4n) is 2.14. The lowest BCUT2D eigenvalue weighted by Crippen LogP contribution is -2.26. The Morgan fingerprint density at radius 2 is 2.15 bits per heavy atom. The summed E-state index contributed by atoms with van der Waals surface area (Å²) >= 11 is 0. The van der Waals surface area contributed by atoms with Gasteiger partial charge in [0.2, 0.25) is 0 Å². The summed E-state index contributed by atoms with van der Waals surface area (Å²) in [6, 6.07) is 7.85. The van der Waals surface area contributed by atoms with Gasteiger partial charge < -0.3 is 19.9 Å². The van der Waals surface area contributed by atoms with Crippen molar-refractivity contribution in [2.45, 2.75) is 12.5 Å². The molecule has 108 valence electrons. The molecule has 20 heavy (non-hydrogen) atoms. The van der Waals surface area contributed by atoms with Gasteiger partial charge in [0.15, 0.2) is 0 Å². The second-order valence-corrected chi connectivity index (χ2v) is 4.56. The van der Waals surface area contributed by atoms with Crippen molar-refractivity contribution in [1.29, 1.82) is 0 Å². The van der Waals surface area contributed by atoms with Gasteiger partial charge in [0.1, 0.15) is 11.6 Å². The van der Waals surface area contributed by atoms with Crippen molar-refractivity contribution in [3.8, 4) is 5.75 Å². The Morgan fingerprint density at radius 1 is 1.30 bits per heavy atom. The van der Waals surface area contributed by atoms with Gasteiger partial charge in [-0.1, -0.05) is 6.07 Å². The molecule has 1 atom stereocenters. The van der Waals surface area contributed by atoms with Crippen LogP contribution in [0.2, 0.25) is 0 Å². The van der Waals surface area contributed by atoms with Crippen LogP contribution < -0.4 is 10.1 Å². The molecule has 0 aliphatic rings. The van der Waals surface area contributed by atoms with Gasteiger partial charge in [0.05, 0.1) is 19.8 Å². The number of pyridine rings is 1. The van der Waals surface area contributed by atoms with Crippen LogP contribution in [0.25, 0.3) is 10.8 Å². The first kappa shape index (κ1) is 14.6. The largest absolute Gasteiger partial charge is 0.497 e. The number of anilines is 1. The second kappa shape index (κ2) is 7.07. The van der Waals surface area contributed by atoms with Gasteiger partial charge in [-0.15, -0.1) is 0 Å². The average molecular weight is 276 g/mol. The van der Waals surface area contributed by atoms with Crippen molar-refractivity contribution in [3.05, 3.63) is 30.5 Å². The number of aliphatic hydroxyl groups is 1. The predicted molar refractivity (Wildman–Crippen MR) is 79.3 cm³/mol. The molecule has 0 amide bonds. The number of hydrogen-bond acceptors (Lipinski definition) is 5. The zero-order valence-electron chi connectivity index (χ0n) is 11.8. The van der Waals surface area contributed by atoms with Crippen molar-refractivity contribution < 1.29 is 14.6 Å². The van der Waals surface area contributed by atoms with Crippen molar-refractivity contribution >= 4 is 16.6 Å². The van der Waals surface area contributed by atoms with E-state index in [1.807, 2.05) is 24.3 Å². The Balaban J connectivity index is 2.32. The molecule has 0 spiro atoms. The van der Waals surface area contributed by atoms with Gasteiger partial charge in [-0.25, -0.2) is 4.98 Å². The molecule has 5 heteroatoms. The summed E-state index contributed by atoms with van der Waals surface area (Å²) in [6.45, 7) is 0.623. The first-order valence-corrected chi connectivity index (χ1v) is 6.57. The minimum Gasteiger partial charge on any atom is -0.497 e. The van der Waals surface area contributed by atoms with Crippen molar-refractivity contribution in [2.24, 2.45) is 0 Å². The number of rotatable bonds is 7. The Morgan fingerprint density at radius 3 is 2.85 bits per heavy atom. The van der Waals surface area contributed by atoms with Crippen LogP contribution in [0.5, 0.6) is 5.75 Å². The number of methoxy groups -OCH3 is 2. The third-order valence-corrected chi connectivity index (χ3v) is 3.16. The van der Waals surface area contributed by atoms with E-state index in [-0.39, 0.29) is 12.6 Å². The zero-order chi connectivity index (χ0) is 14.4.